The highest BCUT2D eigenvalue weighted by Gasteiger charge is 2.36. The Bertz CT molecular complexity index is 1180. The zero-order chi connectivity index (χ0) is 22.9. The number of benzene rings is 1. The third-order valence-corrected chi connectivity index (χ3v) is 5.83. The van der Waals surface area contributed by atoms with Gasteiger partial charge in [0, 0.05) is 36.8 Å². The first-order chi connectivity index (χ1) is 15.4. The third-order valence-electron chi connectivity index (χ3n) is 5.83. The topological polar surface area (TPSA) is 115 Å². The number of fused-ring (bicyclic) bond motifs is 1. The number of rotatable bonds is 7. The van der Waals surface area contributed by atoms with Gasteiger partial charge in [-0.25, -0.2) is 9.97 Å². The van der Waals surface area contributed by atoms with E-state index in [4.69, 9.17) is 4.98 Å². The van der Waals surface area contributed by atoms with Crippen molar-refractivity contribution in [2.45, 2.75) is 32.4 Å². The van der Waals surface area contributed by atoms with Crippen molar-refractivity contribution in [3.63, 3.8) is 0 Å². The van der Waals surface area contributed by atoms with Crippen LogP contribution >= 0.6 is 0 Å². The zero-order valence-electron chi connectivity index (χ0n) is 18.8. The molecule has 0 fully saturated rings. The smallest absolute Gasteiger partial charge is 0.227 e. The second kappa shape index (κ2) is 8.57. The Morgan fingerprint density at radius 1 is 1.38 bits per heavy atom. The normalized spacial score (nSPS) is 17.2. The molecule has 3 aromatic rings. The maximum atomic E-state index is 9.95. The minimum absolute atomic E-state index is 0.00598. The van der Waals surface area contributed by atoms with Gasteiger partial charge in [-0.2, -0.15) is 10.4 Å². The molecule has 0 amide bonds. The molecule has 0 radical (unpaired) electrons. The maximum absolute atomic E-state index is 9.95. The van der Waals surface area contributed by atoms with Gasteiger partial charge in [-0.3, -0.25) is 4.68 Å². The van der Waals surface area contributed by atoms with E-state index in [0.717, 1.165) is 41.3 Å². The molecule has 2 aromatic heterocycles. The van der Waals surface area contributed by atoms with Crippen LogP contribution in [0.15, 0.2) is 30.6 Å². The van der Waals surface area contributed by atoms with E-state index in [1.165, 1.54) is 0 Å². The second-order valence-corrected chi connectivity index (χ2v) is 8.58. The third kappa shape index (κ3) is 3.90. The highest BCUT2D eigenvalue weighted by Crippen LogP contribution is 2.41. The molecule has 1 atom stereocenters. The summed E-state index contributed by atoms with van der Waals surface area (Å²) in [6.45, 7) is 6.14. The standard InChI is InChI=1S/C23H28N8O/c1-5-31-20(12-30(3)4)19(11-27-31)29-22-25-7-6-18(28-22)15-8-16(10-24)21-17(9-15)23(2,14-32)13-26-21/h6-9,11,26,32H,5,12-14H2,1-4H3,(H,25,28,29). The SMILES string of the molecule is CCn1ncc(Nc2nccc(-c3cc(C#N)c4c(c3)C(C)(CO)CN4)n2)c1CN(C)C. The Morgan fingerprint density at radius 3 is 2.88 bits per heavy atom. The number of anilines is 3. The summed E-state index contributed by atoms with van der Waals surface area (Å²) < 4.78 is 1.95. The van der Waals surface area contributed by atoms with Crippen molar-refractivity contribution in [1.29, 1.82) is 5.26 Å². The lowest BCUT2D eigenvalue weighted by Gasteiger charge is -2.21. The molecule has 9 heteroatoms. The molecule has 9 nitrogen and oxygen atoms in total. The first-order valence-corrected chi connectivity index (χ1v) is 10.6. The molecule has 0 aliphatic carbocycles. The Morgan fingerprint density at radius 2 is 2.19 bits per heavy atom. The number of nitriles is 1. The molecule has 0 spiro atoms. The van der Waals surface area contributed by atoms with E-state index in [2.05, 4.69) is 38.6 Å². The number of nitrogens with one attached hydrogen (secondary N) is 2. The molecule has 3 heterocycles. The lowest BCUT2D eigenvalue weighted by molar-refractivity contribution is 0.219. The first-order valence-electron chi connectivity index (χ1n) is 10.6. The van der Waals surface area contributed by atoms with Crippen LogP contribution in [0.1, 0.15) is 30.7 Å². The molecule has 32 heavy (non-hydrogen) atoms. The van der Waals surface area contributed by atoms with E-state index in [9.17, 15) is 10.4 Å². The number of aliphatic hydroxyl groups is 1. The number of aromatic nitrogens is 4. The van der Waals surface area contributed by atoms with E-state index in [1.54, 1.807) is 12.4 Å². The number of aryl methyl sites for hydroxylation is 1. The molecular formula is C23H28N8O. The summed E-state index contributed by atoms with van der Waals surface area (Å²) in [5.74, 6) is 0.459. The van der Waals surface area contributed by atoms with Gasteiger partial charge >= 0.3 is 0 Å². The number of aliphatic hydroxyl groups excluding tert-OH is 1. The highest BCUT2D eigenvalue weighted by atomic mass is 16.3. The van der Waals surface area contributed by atoms with E-state index < -0.39 is 5.41 Å². The van der Waals surface area contributed by atoms with Gasteiger partial charge < -0.3 is 20.6 Å². The quantitative estimate of drug-likeness (QED) is 0.522. The maximum Gasteiger partial charge on any atom is 0.227 e. The van der Waals surface area contributed by atoms with Gasteiger partial charge in [0.25, 0.3) is 0 Å². The van der Waals surface area contributed by atoms with Crippen LogP contribution in [0.25, 0.3) is 11.3 Å². The summed E-state index contributed by atoms with van der Waals surface area (Å²) in [5, 5.41) is 30.7. The number of nitrogens with zero attached hydrogens (tertiary/aromatic N) is 6. The summed E-state index contributed by atoms with van der Waals surface area (Å²) in [7, 11) is 4.03. The van der Waals surface area contributed by atoms with Crippen molar-refractivity contribution < 1.29 is 5.11 Å². The lowest BCUT2D eigenvalue weighted by atomic mass is 9.83. The van der Waals surface area contributed by atoms with E-state index in [1.807, 2.05) is 43.9 Å². The molecular weight excluding hydrogens is 404 g/mol. The fourth-order valence-electron chi connectivity index (χ4n) is 4.02. The van der Waals surface area contributed by atoms with Crippen LogP contribution in [0.3, 0.4) is 0 Å². The molecule has 1 unspecified atom stereocenters. The van der Waals surface area contributed by atoms with E-state index in [-0.39, 0.29) is 6.61 Å². The summed E-state index contributed by atoms with van der Waals surface area (Å²) in [5.41, 5.74) is 5.25. The first kappa shape index (κ1) is 21.7. The summed E-state index contributed by atoms with van der Waals surface area (Å²) in [4.78, 5) is 11.2. The Kier molecular flexibility index (Phi) is 5.82. The van der Waals surface area contributed by atoms with Gasteiger partial charge in [-0.05, 0) is 44.8 Å². The highest BCUT2D eigenvalue weighted by molar-refractivity contribution is 5.76. The number of hydrogen-bond acceptors (Lipinski definition) is 8. The van der Waals surface area contributed by atoms with Gasteiger partial charge in [0.15, 0.2) is 0 Å². The molecule has 1 aromatic carbocycles. The largest absolute Gasteiger partial charge is 0.395 e. The van der Waals surface area contributed by atoms with Crippen LogP contribution < -0.4 is 10.6 Å². The fraction of sp³-hybridized carbons (Fsp3) is 0.391. The van der Waals surface area contributed by atoms with Gasteiger partial charge in [-0.15, -0.1) is 0 Å². The van der Waals surface area contributed by atoms with Crippen LogP contribution in [0.4, 0.5) is 17.3 Å². The Labute approximate surface area is 187 Å². The second-order valence-electron chi connectivity index (χ2n) is 8.58. The molecule has 1 aliphatic rings. The predicted molar refractivity (Wildman–Crippen MR) is 124 cm³/mol. The molecule has 4 rings (SSSR count). The summed E-state index contributed by atoms with van der Waals surface area (Å²) in [6.07, 6.45) is 3.49. The van der Waals surface area contributed by atoms with Gasteiger partial charge in [-0.1, -0.05) is 6.92 Å². The molecule has 0 saturated carbocycles. The molecule has 166 valence electrons. The van der Waals surface area contributed by atoms with E-state index >= 15 is 0 Å². The average Bonchev–Trinajstić information content (AvgIpc) is 3.34. The van der Waals surface area contributed by atoms with Crippen molar-refractivity contribution in [1.82, 2.24) is 24.6 Å². The molecule has 3 N–H and O–H groups in total. The van der Waals surface area contributed by atoms with Crippen LogP contribution in [-0.2, 0) is 18.5 Å². The summed E-state index contributed by atoms with van der Waals surface area (Å²) in [6, 6.07) is 7.92. The zero-order valence-corrected chi connectivity index (χ0v) is 18.8. The molecule has 1 aliphatic heterocycles. The van der Waals surface area contributed by atoms with Crippen LogP contribution in [0.2, 0.25) is 0 Å². The van der Waals surface area contributed by atoms with Crippen molar-refractivity contribution in [2.24, 2.45) is 0 Å². The number of hydrogen-bond donors (Lipinski definition) is 3. The van der Waals surface area contributed by atoms with Crippen LogP contribution in [0.5, 0.6) is 0 Å². The predicted octanol–water partition coefficient (Wildman–Crippen LogP) is 2.71. The Balaban J connectivity index is 1.71. The van der Waals surface area contributed by atoms with Crippen LogP contribution in [-0.4, -0.2) is 57.0 Å². The minimum Gasteiger partial charge on any atom is -0.395 e. The van der Waals surface area contributed by atoms with Crippen molar-refractivity contribution in [3.8, 4) is 17.3 Å². The monoisotopic (exact) mass is 432 g/mol. The Hall–Kier alpha value is -3.48. The average molecular weight is 433 g/mol. The van der Waals surface area contributed by atoms with Gasteiger partial charge in [0.2, 0.25) is 5.95 Å². The molecule has 0 saturated heterocycles. The minimum atomic E-state index is -0.444. The lowest BCUT2D eigenvalue weighted by Crippen LogP contribution is -2.28. The van der Waals surface area contributed by atoms with E-state index in [0.29, 0.717) is 23.8 Å². The van der Waals surface area contributed by atoms with Gasteiger partial charge in [0.05, 0.1) is 41.1 Å². The van der Waals surface area contributed by atoms with Gasteiger partial charge in [0.1, 0.15) is 6.07 Å². The van der Waals surface area contributed by atoms with Crippen molar-refractivity contribution >= 4 is 17.3 Å². The molecule has 0 bridgehead atoms. The summed E-state index contributed by atoms with van der Waals surface area (Å²) >= 11 is 0. The fourth-order valence-corrected chi connectivity index (χ4v) is 4.02. The van der Waals surface area contributed by atoms with Crippen molar-refractivity contribution in [3.05, 3.63) is 47.4 Å². The van der Waals surface area contributed by atoms with Crippen LogP contribution in [0, 0.1) is 11.3 Å². The van der Waals surface area contributed by atoms with Crippen molar-refractivity contribution in [2.75, 3.05) is 37.9 Å².